The highest BCUT2D eigenvalue weighted by Crippen LogP contribution is 2.17. The molecular formula is C15H12O7. The van der Waals surface area contributed by atoms with E-state index in [4.69, 9.17) is 10.2 Å². The summed E-state index contributed by atoms with van der Waals surface area (Å²) in [4.78, 5) is 33.5. The zero-order valence-electron chi connectivity index (χ0n) is 11.2. The molecule has 0 aliphatic rings. The molecule has 2 atom stereocenters. The summed E-state index contributed by atoms with van der Waals surface area (Å²) in [6.45, 7) is 0. The standard InChI is InChI=1S/C15H12O7/c16-11(13(17)18)12(14(19)20)22-15(21)10-6-5-8-3-1-2-4-9(8)7-10/h1-7,11-12,16H,(H,17,18)(H,19,20)/t11-,12-/m1/s1. The van der Waals surface area contributed by atoms with Gasteiger partial charge in [0.15, 0.2) is 6.10 Å². The maximum atomic E-state index is 11.9. The first-order valence-electron chi connectivity index (χ1n) is 6.23. The predicted octanol–water partition coefficient (Wildman–Crippen LogP) is 0.895. The Kier molecular flexibility index (Phi) is 4.38. The molecule has 0 aromatic heterocycles. The molecule has 0 fully saturated rings. The largest absolute Gasteiger partial charge is 0.479 e. The maximum absolute atomic E-state index is 11.9. The summed E-state index contributed by atoms with van der Waals surface area (Å²) in [7, 11) is 0. The van der Waals surface area contributed by atoms with Crippen molar-refractivity contribution in [3.05, 3.63) is 48.0 Å². The molecule has 114 valence electrons. The molecule has 2 rings (SSSR count). The number of carboxylic acids is 2. The van der Waals surface area contributed by atoms with E-state index >= 15 is 0 Å². The van der Waals surface area contributed by atoms with E-state index in [2.05, 4.69) is 4.74 Å². The molecule has 7 heteroatoms. The van der Waals surface area contributed by atoms with Crippen molar-refractivity contribution < 1.29 is 34.4 Å². The Morgan fingerprint density at radius 1 is 0.909 bits per heavy atom. The normalized spacial score (nSPS) is 13.3. The molecule has 0 radical (unpaired) electrons. The molecule has 0 saturated carbocycles. The Labute approximate surface area is 124 Å². The van der Waals surface area contributed by atoms with E-state index < -0.39 is 30.1 Å². The Morgan fingerprint density at radius 2 is 1.55 bits per heavy atom. The highest BCUT2D eigenvalue weighted by atomic mass is 16.6. The van der Waals surface area contributed by atoms with Crippen molar-refractivity contribution in [3.63, 3.8) is 0 Å². The minimum Gasteiger partial charge on any atom is -0.479 e. The van der Waals surface area contributed by atoms with Gasteiger partial charge in [0.2, 0.25) is 6.10 Å². The topological polar surface area (TPSA) is 121 Å². The van der Waals surface area contributed by atoms with Crippen molar-refractivity contribution >= 4 is 28.7 Å². The Hall–Kier alpha value is -2.93. The van der Waals surface area contributed by atoms with Crippen LogP contribution in [0.15, 0.2) is 42.5 Å². The van der Waals surface area contributed by atoms with Crippen LogP contribution in [0.1, 0.15) is 10.4 Å². The van der Waals surface area contributed by atoms with Crippen LogP contribution in [0, 0.1) is 0 Å². The number of aliphatic carboxylic acids is 2. The van der Waals surface area contributed by atoms with Crippen LogP contribution in [-0.2, 0) is 14.3 Å². The third-order valence-corrected chi connectivity index (χ3v) is 3.00. The lowest BCUT2D eigenvalue weighted by molar-refractivity contribution is -0.166. The van der Waals surface area contributed by atoms with Crippen LogP contribution in [0.25, 0.3) is 10.8 Å². The van der Waals surface area contributed by atoms with E-state index in [-0.39, 0.29) is 5.56 Å². The average molecular weight is 304 g/mol. The van der Waals surface area contributed by atoms with Crippen molar-refractivity contribution in [1.82, 2.24) is 0 Å². The molecule has 0 saturated heterocycles. The fourth-order valence-electron chi connectivity index (χ4n) is 1.88. The number of aliphatic hydroxyl groups is 1. The number of carboxylic acid groups (broad SMARTS) is 2. The summed E-state index contributed by atoms with van der Waals surface area (Å²) in [5, 5.41) is 28.4. The molecule has 0 amide bonds. The average Bonchev–Trinajstić information content (AvgIpc) is 2.50. The van der Waals surface area contributed by atoms with Gasteiger partial charge in [-0.3, -0.25) is 0 Å². The second kappa shape index (κ2) is 6.23. The van der Waals surface area contributed by atoms with Gasteiger partial charge in [0.25, 0.3) is 0 Å². The van der Waals surface area contributed by atoms with Gasteiger partial charge in [-0.2, -0.15) is 0 Å². The lowest BCUT2D eigenvalue weighted by Gasteiger charge is -2.16. The molecule has 0 unspecified atom stereocenters. The third-order valence-electron chi connectivity index (χ3n) is 3.00. The van der Waals surface area contributed by atoms with Crippen molar-refractivity contribution in [2.75, 3.05) is 0 Å². The van der Waals surface area contributed by atoms with Crippen LogP contribution in [0.2, 0.25) is 0 Å². The number of esters is 1. The third kappa shape index (κ3) is 3.21. The van der Waals surface area contributed by atoms with Crippen LogP contribution in [0.5, 0.6) is 0 Å². The van der Waals surface area contributed by atoms with Gasteiger partial charge >= 0.3 is 17.9 Å². The minimum atomic E-state index is -2.35. The van der Waals surface area contributed by atoms with Gasteiger partial charge in [-0.1, -0.05) is 30.3 Å². The predicted molar refractivity (Wildman–Crippen MR) is 74.4 cm³/mol. The van der Waals surface area contributed by atoms with Gasteiger partial charge in [0.1, 0.15) is 0 Å². The molecule has 0 spiro atoms. The van der Waals surface area contributed by atoms with Crippen molar-refractivity contribution in [2.45, 2.75) is 12.2 Å². The van der Waals surface area contributed by atoms with E-state index in [1.165, 1.54) is 12.1 Å². The number of benzene rings is 2. The zero-order chi connectivity index (χ0) is 16.3. The van der Waals surface area contributed by atoms with Gasteiger partial charge in [-0.25, -0.2) is 14.4 Å². The molecule has 0 aliphatic carbocycles. The molecule has 22 heavy (non-hydrogen) atoms. The summed E-state index contributed by atoms with van der Waals surface area (Å²) < 4.78 is 4.60. The van der Waals surface area contributed by atoms with Gasteiger partial charge in [-0.15, -0.1) is 0 Å². The summed E-state index contributed by atoms with van der Waals surface area (Å²) in [6, 6.07) is 11.7. The molecule has 0 aliphatic heterocycles. The first-order valence-corrected chi connectivity index (χ1v) is 6.23. The fraction of sp³-hybridized carbons (Fsp3) is 0.133. The van der Waals surface area contributed by atoms with Crippen LogP contribution in [0.4, 0.5) is 0 Å². The summed E-state index contributed by atoms with van der Waals surface area (Å²) >= 11 is 0. The van der Waals surface area contributed by atoms with Gasteiger partial charge in [0, 0.05) is 0 Å². The molecular weight excluding hydrogens is 292 g/mol. The molecule has 0 heterocycles. The maximum Gasteiger partial charge on any atom is 0.348 e. The number of rotatable bonds is 5. The minimum absolute atomic E-state index is 0.0579. The monoisotopic (exact) mass is 304 g/mol. The number of ether oxygens (including phenoxy) is 1. The van der Waals surface area contributed by atoms with E-state index in [1.54, 1.807) is 18.2 Å². The Balaban J connectivity index is 2.25. The van der Waals surface area contributed by atoms with E-state index in [9.17, 15) is 19.5 Å². The highest BCUT2D eigenvalue weighted by Gasteiger charge is 2.35. The van der Waals surface area contributed by atoms with Gasteiger partial charge in [-0.05, 0) is 22.9 Å². The lowest BCUT2D eigenvalue weighted by atomic mass is 10.1. The van der Waals surface area contributed by atoms with Crippen molar-refractivity contribution in [3.8, 4) is 0 Å². The lowest BCUT2D eigenvalue weighted by Crippen LogP contribution is -2.43. The number of hydrogen-bond donors (Lipinski definition) is 3. The summed E-state index contributed by atoms with van der Waals surface area (Å²) in [6.07, 6.45) is -4.53. The first-order chi connectivity index (χ1) is 10.4. The number of carbonyl (C=O) groups excluding carboxylic acids is 1. The smallest absolute Gasteiger partial charge is 0.348 e. The van der Waals surface area contributed by atoms with E-state index in [1.807, 2.05) is 12.1 Å². The zero-order valence-corrected chi connectivity index (χ0v) is 11.2. The Bertz CT molecular complexity index is 738. The highest BCUT2D eigenvalue weighted by molar-refractivity contribution is 5.97. The number of hydrogen-bond acceptors (Lipinski definition) is 5. The van der Waals surface area contributed by atoms with Gasteiger partial charge < -0.3 is 20.1 Å². The van der Waals surface area contributed by atoms with E-state index in [0.29, 0.717) is 0 Å². The summed E-state index contributed by atoms with van der Waals surface area (Å²) in [5.41, 5.74) is 0.0579. The number of fused-ring (bicyclic) bond motifs is 1. The van der Waals surface area contributed by atoms with Crippen LogP contribution >= 0.6 is 0 Å². The van der Waals surface area contributed by atoms with Crippen molar-refractivity contribution in [1.29, 1.82) is 0 Å². The van der Waals surface area contributed by atoms with E-state index in [0.717, 1.165) is 10.8 Å². The van der Waals surface area contributed by atoms with Crippen LogP contribution in [-0.4, -0.2) is 45.4 Å². The molecule has 7 nitrogen and oxygen atoms in total. The van der Waals surface area contributed by atoms with Crippen LogP contribution < -0.4 is 0 Å². The molecule has 0 bridgehead atoms. The van der Waals surface area contributed by atoms with Crippen molar-refractivity contribution in [2.24, 2.45) is 0 Å². The number of aliphatic hydroxyl groups excluding tert-OH is 1. The molecule has 3 N–H and O–H groups in total. The Morgan fingerprint density at radius 3 is 2.14 bits per heavy atom. The van der Waals surface area contributed by atoms with Gasteiger partial charge in [0.05, 0.1) is 5.56 Å². The SMILES string of the molecule is O=C(O[C@@H](C(=O)O)[C@@H](O)C(=O)O)c1ccc2ccccc2c1. The molecule has 2 aromatic rings. The number of carbonyl (C=O) groups is 3. The fourth-order valence-corrected chi connectivity index (χ4v) is 1.88. The quantitative estimate of drug-likeness (QED) is 0.701. The second-order valence-electron chi connectivity index (χ2n) is 4.51. The first kappa shape index (κ1) is 15.5. The summed E-state index contributed by atoms with van der Waals surface area (Å²) in [5.74, 6) is -4.57. The van der Waals surface area contributed by atoms with Crippen LogP contribution in [0.3, 0.4) is 0 Å². The second-order valence-corrected chi connectivity index (χ2v) is 4.51. The molecule has 2 aromatic carbocycles.